The Morgan fingerprint density at radius 1 is 1.47 bits per heavy atom. The molecule has 0 spiro atoms. The van der Waals surface area contributed by atoms with Gasteiger partial charge in [-0.15, -0.1) is 0 Å². The summed E-state index contributed by atoms with van der Waals surface area (Å²) in [6.45, 7) is 1.90. The highest BCUT2D eigenvalue weighted by molar-refractivity contribution is 5.27. The minimum atomic E-state index is -0.161. The summed E-state index contributed by atoms with van der Waals surface area (Å²) in [7, 11) is 0. The zero-order valence-electron chi connectivity index (χ0n) is 8.92. The predicted molar refractivity (Wildman–Crippen MR) is 57.1 cm³/mol. The van der Waals surface area contributed by atoms with Crippen molar-refractivity contribution in [3.8, 4) is 5.88 Å². The summed E-state index contributed by atoms with van der Waals surface area (Å²) >= 11 is 0. The van der Waals surface area contributed by atoms with Gasteiger partial charge >= 0.3 is 0 Å². The molecule has 4 heteroatoms. The lowest BCUT2D eigenvalue weighted by Gasteiger charge is -2.10. The highest BCUT2D eigenvalue weighted by Gasteiger charge is 2.24. The van der Waals surface area contributed by atoms with Crippen molar-refractivity contribution < 1.29 is 5.11 Å². The number of aromatic hydroxyl groups is 1. The van der Waals surface area contributed by atoms with Crippen LogP contribution in [0.3, 0.4) is 0 Å². The second-order valence-corrected chi connectivity index (χ2v) is 4.08. The van der Waals surface area contributed by atoms with E-state index in [2.05, 4.69) is 9.97 Å². The monoisotopic (exact) mass is 208 g/mol. The Balaban J connectivity index is 2.42. The first-order valence-electron chi connectivity index (χ1n) is 5.54. The highest BCUT2D eigenvalue weighted by Crippen LogP contribution is 2.35. The number of hydrogen-bond donors (Lipinski definition) is 2. The van der Waals surface area contributed by atoms with E-state index in [1.54, 1.807) is 0 Å². The molecule has 0 atom stereocenters. The quantitative estimate of drug-likeness (QED) is 0.777. The first-order chi connectivity index (χ1) is 7.22. The van der Waals surface area contributed by atoms with Crippen LogP contribution in [0.5, 0.6) is 5.88 Å². The Morgan fingerprint density at radius 2 is 2.13 bits per heavy atom. The van der Waals surface area contributed by atoms with E-state index in [4.69, 9.17) is 0 Å². The van der Waals surface area contributed by atoms with Gasteiger partial charge in [-0.2, -0.15) is 0 Å². The van der Waals surface area contributed by atoms with E-state index in [0.29, 0.717) is 17.8 Å². The van der Waals surface area contributed by atoms with Gasteiger partial charge in [0.25, 0.3) is 5.56 Å². The zero-order valence-corrected chi connectivity index (χ0v) is 8.92. The van der Waals surface area contributed by atoms with Crippen molar-refractivity contribution in [2.24, 2.45) is 0 Å². The van der Waals surface area contributed by atoms with Gasteiger partial charge in [-0.05, 0) is 18.8 Å². The van der Waals surface area contributed by atoms with Crippen LogP contribution in [0, 0.1) is 0 Å². The van der Waals surface area contributed by atoms with Gasteiger partial charge in [-0.3, -0.25) is 4.79 Å². The van der Waals surface area contributed by atoms with Gasteiger partial charge in [-0.1, -0.05) is 19.8 Å². The third kappa shape index (κ3) is 1.89. The molecule has 1 aromatic rings. The number of aryl methyl sites for hydroxylation is 1. The second kappa shape index (κ2) is 4.04. The van der Waals surface area contributed by atoms with Gasteiger partial charge in [-0.25, -0.2) is 4.98 Å². The van der Waals surface area contributed by atoms with Gasteiger partial charge in [0.1, 0.15) is 5.82 Å². The van der Waals surface area contributed by atoms with Crippen LogP contribution in [0.2, 0.25) is 0 Å². The molecule has 1 aliphatic rings. The first-order valence-corrected chi connectivity index (χ1v) is 5.54. The van der Waals surface area contributed by atoms with Crippen LogP contribution in [0.4, 0.5) is 0 Å². The van der Waals surface area contributed by atoms with Gasteiger partial charge in [0.2, 0.25) is 5.88 Å². The van der Waals surface area contributed by atoms with Crippen molar-refractivity contribution >= 4 is 0 Å². The maximum atomic E-state index is 11.8. The highest BCUT2D eigenvalue weighted by atomic mass is 16.3. The molecule has 82 valence electrons. The van der Waals surface area contributed by atoms with Gasteiger partial charge in [0, 0.05) is 6.42 Å². The molecule has 0 bridgehead atoms. The van der Waals surface area contributed by atoms with Crippen LogP contribution in [-0.4, -0.2) is 15.1 Å². The molecule has 2 rings (SSSR count). The number of aromatic nitrogens is 2. The lowest BCUT2D eigenvalue weighted by atomic mass is 10.00. The van der Waals surface area contributed by atoms with Crippen LogP contribution in [0.1, 0.15) is 49.9 Å². The molecule has 1 fully saturated rings. The maximum absolute atomic E-state index is 11.8. The van der Waals surface area contributed by atoms with Crippen LogP contribution in [0.15, 0.2) is 4.79 Å². The Labute approximate surface area is 88.4 Å². The Morgan fingerprint density at radius 3 is 2.67 bits per heavy atom. The van der Waals surface area contributed by atoms with Gasteiger partial charge < -0.3 is 10.1 Å². The summed E-state index contributed by atoms with van der Waals surface area (Å²) in [5.41, 5.74) is 0.330. The van der Waals surface area contributed by atoms with Crippen molar-refractivity contribution in [2.45, 2.75) is 44.9 Å². The van der Waals surface area contributed by atoms with E-state index in [9.17, 15) is 9.90 Å². The van der Waals surface area contributed by atoms with Gasteiger partial charge in [0.15, 0.2) is 0 Å². The largest absolute Gasteiger partial charge is 0.493 e. The van der Waals surface area contributed by atoms with Crippen LogP contribution < -0.4 is 5.56 Å². The van der Waals surface area contributed by atoms with E-state index in [-0.39, 0.29) is 17.4 Å². The van der Waals surface area contributed by atoms with Crippen LogP contribution in [-0.2, 0) is 6.42 Å². The van der Waals surface area contributed by atoms with Crippen LogP contribution >= 0.6 is 0 Å². The fourth-order valence-electron chi connectivity index (χ4n) is 2.27. The number of H-pyrrole nitrogens is 1. The molecule has 4 nitrogen and oxygen atoms in total. The van der Waals surface area contributed by atoms with Crippen molar-refractivity contribution in [1.29, 1.82) is 0 Å². The summed E-state index contributed by atoms with van der Waals surface area (Å²) in [6.07, 6.45) is 4.89. The molecule has 0 amide bonds. The van der Waals surface area contributed by atoms with Crippen LogP contribution in [0.25, 0.3) is 0 Å². The molecule has 15 heavy (non-hydrogen) atoms. The molecule has 0 unspecified atom stereocenters. The molecule has 0 aromatic carbocycles. The standard InChI is InChI=1S/C11H16N2O2/c1-2-8-12-10(14)9(11(15)13-8)7-5-3-4-6-7/h7H,2-6H2,1H3,(H2,12,13,14,15). The summed E-state index contributed by atoms with van der Waals surface area (Å²) in [5, 5.41) is 9.73. The molecule has 0 saturated heterocycles. The third-order valence-corrected chi connectivity index (χ3v) is 3.08. The van der Waals surface area contributed by atoms with E-state index in [0.717, 1.165) is 25.7 Å². The maximum Gasteiger partial charge on any atom is 0.258 e. The van der Waals surface area contributed by atoms with E-state index >= 15 is 0 Å². The molecule has 1 saturated carbocycles. The van der Waals surface area contributed by atoms with E-state index in [1.807, 2.05) is 6.92 Å². The van der Waals surface area contributed by atoms with Crippen molar-refractivity contribution in [2.75, 3.05) is 0 Å². The Bertz CT molecular complexity index is 406. The predicted octanol–water partition coefficient (Wildman–Crippen LogP) is 1.70. The molecule has 1 aliphatic carbocycles. The zero-order chi connectivity index (χ0) is 10.8. The number of nitrogens with one attached hydrogen (secondary N) is 1. The average Bonchev–Trinajstić information content (AvgIpc) is 2.69. The molecular weight excluding hydrogens is 192 g/mol. The van der Waals surface area contributed by atoms with Gasteiger partial charge in [0.05, 0.1) is 5.56 Å². The lowest BCUT2D eigenvalue weighted by Crippen LogP contribution is -2.18. The summed E-state index contributed by atoms with van der Waals surface area (Å²) in [4.78, 5) is 18.5. The molecule has 1 heterocycles. The van der Waals surface area contributed by atoms with Crippen molar-refractivity contribution in [3.05, 3.63) is 21.7 Å². The lowest BCUT2D eigenvalue weighted by molar-refractivity contribution is 0.432. The Hall–Kier alpha value is -1.32. The Kier molecular flexibility index (Phi) is 2.75. The summed E-state index contributed by atoms with van der Waals surface area (Å²) in [6, 6.07) is 0. The topological polar surface area (TPSA) is 66.0 Å². The molecule has 0 aliphatic heterocycles. The normalized spacial score (nSPS) is 17.1. The smallest absolute Gasteiger partial charge is 0.258 e. The van der Waals surface area contributed by atoms with E-state index < -0.39 is 0 Å². The molecule has 0 radical (unpaired) electrons. The fourth-order valence-corrected chi connectivity index (χ4v) is 2.27. The third-order valence-electron chi connectivity index (χ3n) is 3.08. The van der Waals surface area contributed by atoms with Crippen molar-refractivity contribution in [1.82, 2.24) is 9.97 Å². The summed E-state index contributed by atoms with van der Waals surface area (Å²) in [5.74, 6) is 0.689. The first kappa shape index (κ1) is 10.2. The minimum absolute atomic E-state index is 0.0671. The molecular formula is C11H16N2O2. The molecule has 2 N–H and O–H groups in total. The van der Waals surface area contributed by atoms with Crippen molar-refractivity contribution in [3.63, 3.8) is 0 Å². The number of nitrogens with zero attached hydrogens (tertiary/aromatic N) is 1. The van der Waals surface area contributed by atoms with E-state index in [1.165, 1.54) is 0 Å². The SMILES string of the molecule is CCc1nc(O)c(C2CCCC2)c(=O)[nH]1. The summed E-state index contributed by atoms with van der Waals surface area (Å²) < 4.78 is 0. The average molecular weight is 208 g/mol. The number of rotatable bonds is 2. The second-order valence-electron chi connectivity index (χ2n) is 4.08. The minimum Gasteiger partial charge on any atom is -0.493 e. The number of aromatic amines is 1. The molecule has 1 aromatic heterocycles. The number of hydrogen-bond acceptors (Lipinski definition) is 3. The fraction of sp³-hybridized carbons (Fsp3) is 0.636.